The largest absolute Gasteiger partial charge is 0.479 e. The number of nitrogens with zero attached hydrogens (tertiary/aromatic N) is 2. The van der Waals surface area contributed by atoms with Gasteiger partial charge in [-0.15, -0.1) is 0 Å². The van der Waals surface area contributed by atoms with Crippen molar-refractivity contribution in [1.82, 2.24) is 5.16 Å². The molecule has 0 bridgehead atoms. The van der Waals surface area contributed by atoms with E-state index in [1.54, 1.807) is 49.1 Å². The van der Waals surface area contributed by atoms with Gasteiger partial charge in [-0.2, -0.15) is 0 Å². The molecule has 3 aromatic rings. The lowest BCUT2D eigenvalue weighted by Gasteiger charge is -2.33. The van der Waals surface area contributed by atoms with E-state index < -0.39 is 6.10 Å². The Balaban J connectivity index is 1.65. The minimum absolute atomic E-state index is 0.194. The van der Waals surface area contributed by atoms with E-state index >= 15 is 0 Å². The van der Waals surface area contributed by atoms with Crippen molar-refractivity contribution in [2.45, 2.75) is 33.4 Å². The summed E-state index contributed by atoms with van der Waals surface area (Å²) in [5.41, 5.74) is 2.97. The summed E-state index contributed by atoms with van der Waals surface area (Å²) in [5.74, 6) is 0.647. The molecular formula is C22H19Cl2N3O4. The average Bonchev–Trinajstić information content (AvgIpc) is 3.05. The number of fused-ring (bicyclic) bond motifs is 1. The van der Waals surface area contributed by atoms with E-state index in [4.69, 9.17) is 32.5 Å². The summed E-state index contributed by atoms with van der Waals surface area (Å²) in [6.07, 6.45) is -0.635. The maximum Gasteiger partial charge on any atom is 0.268 e. The van der Waals surface area contributed by atoms with Crippen molar-refractivity contribution in [3.8, 4) is 5.75 Å². The van der Waals surface area contributed by atoms with Gasteiger partial charge in [0.1, 0.15) is 11.5 Å². The lowest BCUT2D eigenvalue weighted by molar-refractivity contribution is -0.125. The number of aromatic nitrogens is 1. The van der Waals surface area contributed by atoms with Gasteiger partial charge in [0.05, 0.1) is 28.0 Å². The van der Waals surface area contributed by atoms with E-state index in [1.165, 1.54) is 6.07 Å². The molecule has 1 unspecified atom stereocenters. The van der Waals surface area contributed by atoms with Crippen LogP contribution in [0.1, 0.15) is 34.3 Å². The Morgan fingerprint density at radius 3 is 2.61 bits per heavy atom. The van der Waals surface area contributed by atoms with E-state index in [2.05, 4.69) is 10.5 Å². The van der Waals surface area contributed by atoms with Crippen molar-refractivity contribution in [2.75, 3.05) is 10.2 Å². The second kappa shape index (κ2) is 8.24. The molecule has 2 heterocycles. The summed E-state index contributed by atoms with van der Waals surface area (Å²) in [7, 11) is 0. The summed E-state index contributed by atoms with van der Waals surface area (Å²) < 4.78 is 11.0. The third kappa shape index (κ3) is 4.11. The first-order valence-corrected chi connectivity index (χ1v) is 10.3. The molecule has 4 rings (SSSR count). The van der Waals surface area contributed by atoms with Crippen LogP contribution in [0, 0.1) is 13.8 Å². The van der Waals surface area contributed by atoms with E-state index in [1.807, 2.05) is 6.92 Å². The number of ether oxygens (including phenoxy) is 1. The molecule has 0 radical (unpaired) electrons. The fourth-order valence-electron chi connectivity index (χ4n) is 3.37. The topological polar surface area (TPSA) is 84.7 Å². The van der Waals surface area contributed by atoms with Crippen LogP contribution in [-0.4, -0.2) is 23.1 Å². The molecule has 0 spiro atoms. The molecule has 7 nitrogen and oxygen atoms in total. The molecule has 2 aromatic carbocycles. The van der Waals surface area contributed by atoms with E-state index in [0.29, 0.717) is 38.5 Å². The Morgan fingerprint density at radius 2 is 1.94 bits per heavy atom. The quantitative estimate of drug-likeness (QED) is 0.581. The highest BCUT2D eigenvalue weighted by Gasteiger charge is 2.33. The zero-order chi connectivity index (χ0) is 22.3. The van der Waals surface area contributed by atoms with Crippen LogP contribution in [0.2, 0.25) is 10.0 Å². The molecule has 2 amide bonds. The Bertz CT molecular complexity index is 1170. The SMILES string of the molecule is Cc1noc(C)c1CN1C(=O)C(C)Oc2ccc(NC(=O)c3ccc(Cl)c(Cl)c3)cc21. The second-order valence-electron chi connectivity index (χ2n) is 7.25. The first kappa shape index (κ1) is 21.2. The molecule has 1 atom stereocenters. The third-order valence-corrected chi connectivity index (χ3v) is 5.84. The number of hydrogen-bond donors (Lipinski definition) is 1. The number of aryl methyl sites for hydroxylation is 2. The van der Waals surface area contributed by atoms with Crippen LogP contribution in [-0.2, 0) is 11.3 Å². The molecule has 160 valence electrons. The molecule has 0 saturated carbocycles. The number of carbonyl (C=O) groups excluding carboxylic acids is 2. The second-order valence-corrected chi connectivity index (χ2v) is 8.07. The predicted octanol–water partition coefficient (Wildman–Crippen LogP) is 5.16. The van der Waals surface area contributed by atoms with E-state index in [0.717, 1.165) is 11.3 Å². The first-order valence-electron chi connectivity index (χ1n) is 9.55. The van der Waals surface area contributed by atoms with Gasteiger partial charge >= 0.3 is 0 Å². The van der Waals surface area contributed by atoms with Crippen LogP contribution in [0.3, 0.4) is 0 Å². The van der Waals surface area contributed by atoms with E-state index in [-0.39, 0.29) is 18.4 Å². The van der Waals surface area contributed by atoms with E-state index in [9.17, 15) is 9.59 Å². The van der Waals surface area contributed by atoms with Crippen LogP contribution in [0.5, 0.6) is 5.75 Å². The molecular weight excluding hydrogens is 441 g/mol. The number of benzene rings is 2. The number of nitrogens with one attached hydrogen (secondary N) is 1. The fraction of sp³-hybridized carbons (Fsp3) is 0.227. The molecule has 1 aromatic heterocycles. The van der Waals surface area contributed by atoms with Crippen LogP contribution >= 0.6 is 23.2 Å². The number of hydrogen-bond acceptors (Lipinski definition) is 5. The summed E-state index contributed by atoms with van der Waals surface area (Å²) >= 11 is 11.9. The molecule has 1 aliphatic heterocycles. The number of amides is 2. The highest BCUT2D eigenvalue weighted by molar-refractivity contribution is 6.42. The minimum atomic E-state index is -0.635. The minimum Gasteiger partial charge on any atom is -0.479 e. The number of carbonyl (C=O) groups is 2. The highest BCUT2D eigenvalue weighted by atomic mass is 35.5. The number of halogens is 2. The van der Waals surface area contributed by atoms with Crippen molar-refractivity contribution >= 4 is 46.4 Å². The molecule has 0 saturated heterocycles. The lowest BCUT2D eigenvalue weighted by atomic mass is 10.1. The normalized spacial score (nSPS) is 15.5. The monoisotopic (exact) mass is 459 g/mol. The summed E-state index contributed by atoms with van der Waals surface area (Å²) in [5, 5.41) is 7.44. The highest BCUT2D eigenvalue weighted by Crippen LogP contribution is 2.38. The van der Waals surface area contributed by atoms with Gasteiger partial charge in [-0.05, 0) is 57.2 Å². The fourth-order valence-corrected chi connectivity index (χ4v) is 3.67. The molecule has 0 aliphatic carbocycles. The maximum atomic E-state index is 12.9. The van der Waals surface area contributed by atoms with Crippen molar-refractivity contribution in [2.24, 2.45) is 0 Å². The molecule has 1 aliphatic rings. The van der Waals surface area contributed by atoms with Crippen LogP contribution in [0.15, 0.2) is 40.9 Å². The van der Waals surface area contributed by atoms with Gasteiger partial charge in [0.15, 0.2) is 6.10 Å². The third-order valence-electron chi connectivity index (χ3n) is 5.10. The maximum absolute atomic E-state index is 12.9. The summed E-state index contributed by atoms with van der Waals surface area (Å²) in [6.45, 7) is 5.62. The Hall–Kier alpha value is -3.03. The Morgan fingerprint density at radius 1 is 1.16 bits per heavy atom. The zero-order valence-corrected chi connectivity index (χ0v) is 18.5. The Kier molecular flexibility index (Phi) is 5.64. The average molecular weight is 460 g/mol. The van der Waals surface area contributed by atoms with Gasteiger partial charge in [0.2, 0.25) is 0 Å². The molecule has 0 fully saturated rings. The van der Waals surface area contributed by atoms with Gasteiger partial charge in [0.25, 0.3) is 11.8 Å². The molecule has 9 heteroatoms. The first-order chi connectivity index (χ1) is 14.7. The van der Waals surface area contributed by atoms with Crippen LogP contribution in [0.25, 0.3) is 0 Å². The number of anilines is 2. The van der Waals surface area contributed by atoms with Crippen molar-refractivity contribution < 1.29 is 18.8 Å². The van der Waals surface area contributed by atoms with Crippen LogP contribution in [0.4, 0.5) is 11.4 Å². The van der Waals surface area contributed by atoms with Gasteiger partial charge in [0, 0.05) is 16.8 Å². The lowest BCUT2D eigenvalue weighted by Crippen LogP contribution is -2.44. The van der Waals surface area contributed by atoms with Crippen molar-refractivity contribution in [1.29, 1.82) is 0 Å². The van der Waals surface area contributed by atoms with Crippen molar-refractivity contribution in [3.05, 3.63) is 69.0 Å². The predicted molar refractivity (Wildman–Crippen MR) is 118 cm³/mol. The standard InChI is InChI=1S/C22H19Cl2N3O4/c1-11-16(12(2)31-26-11)10-27-19-9-15(5-7-20(19)30-13(3)22(27)29)25-21(28)14-4-6-17(23)18(24)8-14/h4-9,13H,10H2,1-3H3,(H,25,28). The summed E-state index contributed by atoms with van der Waals surface area (Å²) in [6, 6.07) is 9.78. The van der Waals surface area contributed by atoms with Gasteiger partial charge < -0.3 is 19.5 Å². The summed E-state index contributed by atoms with van der Waals surface area (Å²) in [4.78, 5) is 27.2. The number of rotatable bonds is 4. The van der Waals surface area contributed by atoms with Crippen LogP contribution < -0.4 is 15.0 Å². The molecule has 31 heavy (non-hydrogen) atoms. The van der Waals surface area contributed by atoms with Gasteiger partial charge in [-0.1, -0.05) is 28.4 Å². The van der Waals surface area contributed by atoms with Gasteiger partial charge in [-0.25, -0.2) is 0 Å². The van der Waals surface area contributed by atoms with Crippen molar-refractivity contribution in [3.63, 3.8) is 0 Å². The smallest absolute Gasteiger partial charge is 0.268 e. The zero-order valence-electron chi connectivity index (χ0n) is 17.0. The van der Waals surface area contributed by atoms with Gasteiger partial charge in [-0.3, -0.25) is 9.59 Å². The Labute approximate surface area is 188 Å². The molecule has 1 N–H and O–H groups in total.